The van der Waals surface area contributed by atoms with Crippen LogP contribution in [0.5, 0.6) is 0 Å². The first-order valence-corrected chi connectivity index (χ1v) is 11.7. The van der Waals surface area contributed by atoms with Gasteiger partial charge in [0.15, 0.2) is 5.13 Å². The van der Waals surface area contributed by atoms with Gasteiger partial charge in [-0.1, -0.05) is 45.0 Å². The number of anilines is 2. The maximum absolute atomic E-state index is 12.5. The van der Waals surface area contributed by atoms with Crippen LogP contribution in [0.4, 0.5) is 10.8 Å². The minimum atomic E-state index is -3.31. The van der Waals surface area contributed by atoms with E-state index in [0.29, 0.717) is 22.1 Å². The third-order valence-electron chi connectivity index (χ3n) is 4.22. The van der Waals surface area contributed by atoms with E-state index in [-0.39, 0.29) is 11.3 Å². The van der Waals surface area contributed by atoms with Crippen LogP contribution in [0.1, 0.15) is 36.7 Å². The van der Waals surface area contributed by atoms with Crippen LogP contribution in [0, 0.1) is 0 Å². The van der Waals surface area contributed by atoms with Crippen LogP contribution in [-0.2, 0) is 15.4 Å². The maximum atomic E-state index is 12.5. The Kier molecular flexibility index (Phi) is 5.77. The Bertz CT molecular complexity index is 1110. The Labute approximate surface area is 175 Å². The summed E-state index contributed by atoms with van der Waals surface area (Å²) in [4.78, 5) is 16.9. The predicted octanol–water partition coefficient (Wildman–Crippen LogP) is 4.73. The molecular formula is C21H23N3O3S2. The molecule has 1 aromatic heterocycles. The zero-order valence-corrected chi connectivity index (χ0v) is 18.3. The fraction of sp³-hybridized carbons (Fsp3) is 0.238. The van der Waals surface area contributed by atoms with Crippen LogP contribution in [-0.4, -0.2) is 25.6 Å². The van der Waals surface area contributed by atoms with Crippen molar-refractivity contribution in [2.24, 2.45) is 0 Å². The summed E-state index contributed by atoms with van der Waals surface area (Å²) in [5.41, 5.74) is 3.80. The smallest absolute Gasteiger partial charge is 0.257 e. The molecule has 0 saturated carbocycles. The summed E-state index contributed by atoms with van der Waals surface area (Å²) in [6.45, 7) is 6.38. The van der Waals surface area contributed by atoms with Gasteiger partial charge >= 0.3 is 0 Å². The van der Waals surface area contributed by atoms with Crippen molar-refractivity contribution in [3.63, 3.8) is 0 Å². The van der Waals surface area contributed by atoms with E-state index in [0.717, 1.165) is 11.8 Å². The monoisotopic (exact) mass is 429 g/mol. The molecule has 1 amide bonds. The topological polar surface area (TPSA) is 88.2 Å². The molecule has 0 radical (unpaired) electrons. The molecule has 0 fully saturated rings. The van der Waals surface area contributed by atoms with Gasteiger partial charge in [-0.25, -0.2) is 13.4 Å². The number of aromatic nitrogens is 1. The van der Waals surface area contributed by atoms with Gasteiger partial charge in [-0.3, -0.25) is 14.8 Å². The number of benzene rings is 2. The molecule has 8 heteroatoms. The number of hydrogen-bond acceptors (Lipinski definition) is 5. The van der Waals surface area contributed by atoms with E-state index in [9.17, 15) is 13.2 Å². The van der Waals surface area contributed by atoms with Crippen molar-refractivity contribution in [1.82, 2.24) is 4.98 Å². The molecule has 1 heterocycles. The Morgan fingerprint density at radius 1 is 1.00 bits per heavy atom. The summed E-state index contributed by atoms with van der Waals surface area (Å²) < 4.78 is 25.0. The first kappa shape index (κ1) is 21.0. The lowest BCUT2D eigenvalue weighted by Crippen LogP contribution is -2.14. The van der Waals surface area contributed by atoms with E-state index in [4.69, 9.17) is 0 Å². The number of carbonyl (C=O) groups is 1. The molecular weight excluding hydrogens is 406 g/mol. The molecule has 2 aromatic carbocycles. The van der Waals surface area contributed by atoms with E-state index in [1.165, 1.54) is 16.9 Å². The van der Waals surface area contributed by atoms with Gasteiger partial charge in [0.2, 0.25) is 10.0 Å². The first-order chi connectivity index (χ1) is 13.5. The van der Waals surface area contributed by atoms with Gasteiger partial charge in [0.25, 0.3) is 5.91 Å². The maximum Gasteiger partial charge on any atom is 0.257 e. The van der Waals surface area contributed by atoms with Crippen LogP contribution in [0.25, 0.3) is 11.3 Å². The Morgan fingerprint density at radius 2 is 1.62 bits per heavy atom. The number of amides is 1. The quantitative estimate of drug-likeness (QED) is 0.614. The van der Waals surface area contributed by atoms with Gasteiger partial charge in [-0.15, -0.1) is 11.3 Å². The van der Waals surface area contributed by atoms with E-state index in [2.05, 4.69) is 35.8 Å². The van der Waals surface area contributed by atoms with Crippen molar-refractivity contribution >= 4 is 38.1 Å². The van der Waals surface area contributed by atoms with E-state index < -0.39 is 10.0 Å². The van der Waals surface area contributed by atoms with Gasteiger partial charge in [-0.2, -0.15) is 0 Å². The zero-order chi connectivity index (χ0) is 21.2. The highest BCUT2D eigenvalue weighted by atomic mass is 32.2. The lowest BCUT2D eigenvalue weighted by atomic mass is 9.87. The number of nitrogens with one attached hydrogen (secondary N) is 2. The molecule has 3 rings (SSSR count). The second-order valence-electron chi connectivity index (χ2n) is 7.77. The minimum Gasteiger partial charge on any atom is -0.298 e. The molecule has 152 valence electrons. The summed E-state index contributed by atoms with van der Waals surface area (Å²) >= 11 is 1.33. The Hall–Kier alpha value is -2.71. The zero-order valence-electron chi connectivity index (χ0n) is 16.7. The Balaban J connectivity index is 1.69. The Morgan fingerprint density at radius 3 is 2.17 bits per heavy atom. The molecule has 0 atom stereocenters. The van der Waals surface area contributed by atoms with Crippen molar-refractivity contribution in [1.29, 1.82) is 0 Å². The van der Waals surface area contributed by atoms with Gasteiger partial charge in [0, 0.05) is 22.2 Å². The van der Waals surface area contributed by atoms with Gasteiger partial charge in [0.1, 0.15) is 0 Å². The van der Waals surface area contributed by atoms with Crippen molar-refractivity contribution in [2.75, 3.05) is 16.3 Å². The normalized spacial score (nSPS) is 11.9. The van der Waals surface area contributed by atoms with Gasteiger partial charge in [-0.05, 0) is 35.2 Å². The number of nitrogens with zero attached hydrogens (tertiary/aromatic N) is 1. The lowest BCUT2D eigenvalue weighted by Gasteiger charge is -2.18. The molecule has 2 N–H and O–H groups in total. The molecule has 0 aliphatic heterocycles. The lowest BCUT2D eigenvalue weighted by molar-refractivity contribution is 0.102. The molecule has 6 nitrogen and oxygen atoms in total. The van der Waals surface area contributed by atoms with Crippen molar-refractivity contribution < 1.29 is 13.2 Å². The standard InChI is InChI=1S/C21H23N3O3S2/c1-21(2,3)16-9-5-15(6-10-16)19(25)23-20-22-18(13-28-20)14-7-11-17(12-8-14)24-29(4,26)27/h5-13,24H,1-4H3,(H,22,23,25). The highest BCUT2D eigenvalue weighted by molar-refractivity contribution is 7.92. The third-order valence-corrected chi connectivity index (χ3v) is 5.59. The van der Waals surface area contributed by atoms with Crippen LogP contribution in [0.3, 0.4) is 0 Å². The van der Waals surface area contributed by atoms with Gasteiger partial charge < -0.3 is 0 Å². The largest absolute Gasteiger partial charge is 0.298 e. The number of hydrogen-bond donors (Lipinski definition) is 2. The average molecular weight is 430 g/mol. The van der Waals surface area contributed by atoms with Crippen LogP contribution >= 0.6 is 11.3 Å². The second kappa shape index (κ2) is 7.96. The van der Waals surface area contributed by atoms with Crippen LogP contribution in [0.15, 0.2) is 53.9 Å². The van der Waals surface area contributed by atoms with Crippen molar-refractivity contribution in [2.45, 2.75) is 26.2 Å². The number of carbonyl (C=O) groups excluding carboxylic acids is 1. The summed E-state index contributed by atoms with van der Waals surface area (Å²) in [5, 5.41) is 5.17. The molecule has 29 heavy (non-hydrogen) atoms. The fourth-order valence-electron chi connectivity index (χ4n) is 2.68. The number of rotatable bonds is 5. The van der Waals surface area contributed by atoms with Crippen molar-refractivity contribution in [3.05, 3.63) is 65.0 Å². The molecule has 0 saturated heterocycles. The van der Waals surface area contributed by atoms with Crippen LogP contribution in [0.2, 0.25) is 0 Å². The number of thiazole rings is 1. The van der Waals surface area contributed by atoms with E-state index in [1.54, 1.807) is 24.3 Å². The molecule has 0 aliphatic rings. The summed E-state index contributed by atoms with van der Waals surface area (Å²) in [7, 11) is -3.31. The third kappa shape index (κ3) is 5.65. The number of sulfonamides is 1. The highest BCUT2D eigenvalue weighted by Gasteiger charge is 2.15. The molecule has 0 spiro atoms. The SMILES string of the molecule is CC(C)(C)c1ccc(C(=O)Nc2nc(-c3ccc(NS(C)(=O)=O)cc3)cs2)cc1. The molecule has 3 aromatic rings. The van der Waals surface area contributed by atoms with E-state index in [1.807, 2.05) is 29.6 Å². The van der Waals surface area contributed by atoms with Crippen LogP contribution < -0.4 is 10.0 Å². The fourth-order valence-corrected chi connectivity index (χ4v) is 3.96. The van der Waals surface area contributed by atoms with Gasteiger partial charge in [0.05, 0.1) is 11.9 Å². The molecule has 0 bridgehead atoms. The van der Waals surface area contributed by atoms with Crippen molar-refractivity contribution in [3.8, 4) is 11.3 Å². The highest BCUT2D eigenvalue weighted by Crippen LogP contribution is 2.27. The minimum absolute atomic E-state index is 0.0333. The first-order valence-electron chi connectivity index (χ1n) is 8.97. The predicted molar refractivity (Wildman–Crippen MR) is 119 cm³/mol. The average Bonchev–Trinajstić information content (AvgIpc) is 3.09. The summed E-state index contributed by atoms with van der Waals surface area (Å²) in [5.74, 6) is -0.209. The second-order valence-corrected chi connectivity index (χ2v) is 10.4. The molecule has 0 unspecified atom stereocenters. The van der Waals surface area contributed by atoms with E-state index >= 15 is 0 Å². The summed E-state index contributed by atoms with van der Waals surface area (Å²) in [6, 6.07) is 14.5. The summed E-state index contributed by atoms with van der Waals surface area (Å²) in [6.07, 6.45) is 1.10. The molecule has 0 aliphatic carbocycles.